The van der Waals surface area contributed by atoms with E-state index in [1.807, 2.05) is 66.9 Å². The van der Waals surface area contributed by atoms with E-state index in [2.05, 4.69) is 15.5 Å². The Morgan fingerprint density at radius 1 is 0.964 bits per heavy atom. The van der Waals surface area contributed by atoms with Gasteiger partial charge in [0.15, 0.2) is 0 Å². The third-order valence-corrected chi connectivity index (χ3v) is 4.79. The summed E-state index contributed by atoms with van der Waals surface area (Å²) in [6, 6.07) is 15.6. The summed E-state index contributed by atoms with van der Waals surface area (Å²) >= 11 is 0. The monoisotopic (exact) mass is 372 g/mol. The van der Waals surface area contributed by atoms with E-state index in [0.29, 0.717) is 11.3 Å². The summed E-state index contributed by atoms with van der Waals surface area (Å²) in [5.74, 6) is 0.346. The average molecular weight is 372 g/mol. The van der Waals surface area contributed by atoms with Crippen molar-refractivity contribution in [1.82, 2.24) is 14.8 Å². The van der Waals surface area contributed by atoms with Gasteiger partial charge < -0.3 is 10.1 Å². The van der Waals surface area contributed by atoms with Crippen LogP contribution in [0.25, 0.3) is 16.5 Å². The van der Waals surface area contributed by atoms with Crippen LogP contribution in [0.15, 0.2) is 61.2 Å². The van der Waals surface area contributed by atoms with E-state index >= 15 is 0 Å². The molecular weight excluding hydrogens is 352 g/mol. The zero-order valence-corrected chi connectivity index (χ0v) is 15.9. The first-order valence-corrected chi connectivity index (χ1v) is 8.91. The van der Waals surface area contributed by atoms with Crippen LogP contribution in [0.4, 0.5) is 5.69 Å². The Labute approximate surface area is 162 Å². The molecule has 1 N–H and O–H groups in total. The highest BCUT2D eigenvalue weighted by Crippen LogP contribution is 2.29. The van der Waals surface area contributed by atoms with Gasteiger partial charge in [-0.15, -0.1) is 10.2 Å². The molecule has 1 aromatic heterocycles. The van der Waals surface area contributed by atoms with Gasteiger partial charge in [0.25, 0.3) is 5.91 Å². The lowest BCUT2D eigenvalue weighted by Crippen LogP contribution is -2.15. The summed E-state index contributed by atoms with van der Waals surface area (Å²) in [6.07, 6.45) is 3.29. The fraction of sp³-hybridized carbons (Fsp3) is 0.136. The van der Waals surface area contributed by atoms with Gasteiger partial charge in [-0.25, -0.2) is 0 Å². The average Bonchev–Trinajstić information content (AvgIpc) is 3.24. The number of anilines is 1. The van der Waals surface area contributed by atoms with Gasteiger partial charge in [0, 0.05) is 11.4 Å². The fourth-order valence-electron chi connectivity index (χ4n) is 3.37. The molecule has 140 valence electrons. The third kappa shape index (κ3) is 3.20. The number of carbonyl (C=O) groups excluding carboxylic acids is 1. The Bertz CT molecular complexity index is 1140. The molecule has 0 aliphatic heterocycles. The van der Waals surface area contributed by atoms with Gasteiger partial charge in [-0.2, -0.15) is 0 Å². The second kappa shape index (κ2) is 7.15. The smallest absolute Gasteiger partial charge is 0.259 e. The van der Waals surface area contributed by atoms with E-state index in [1.54, 1.807) is 19.8 Å². The Kier molecular flexibility index (Phi) is 4.53. The standard InChI is InChI=1S/C22H20N4O2/c1-14-8-18(26-12-23-24-13-26)9-15(2)21(14)25-22(27)19-10-16-6-4-5-7-17(16)11-20(19)28-3/h4-13H,1-3H3,(H,25,27). The summed E-state index contributed by atoms with van der Waals surface area (Å²) in [4.78, 5) is 13.0. The first kappa shape index (κ1) is 17.7. The molecule has 1 amide bonds. The number of ether oxygens (including phenoxy) is 1. The largest absolute Gasteiger partial charge is 0.496 e. The van der Waals surface area contributed by atoms with E-state index in [-0.39, 0.29) is 5.91 Å². The molecule has 3 aromatic carbocycles. The van der Waals surface area contributed by atoms with Gasteiger partial charge in [0.1, 0.15) is 18.4 Å². The molecule has 4 aromatic rings. The maximum atomic E-state index is 13.0. The summed E-state index contributed by atoms with van der Waals surface area (Å²) in [6.45, 7) is 3.93. The predicted molar refractivity (Wildman–Crippen MR) is 109 cm³/mol. The van der Waals surface area contributed by atoms with Crippen molar-refractivity contribution in [3.63, 3.8) is 0 Å². The van der Waals surface area contributed by atoms with E-state index in [4.69, 9.17) is 4.74 Å². The molecule has 0 spiro atoms. The molecule has 0 saturated carbocycles. The Morgan fingerprint density at radius 2 is 1.57 bits per heavy atom. The van der Waals surface area contributed by atoms with Crippen molar-refractivity contribution in [2.24, 2.45) is 0 Å². The van der Waals surface area contributed by atoms with Crippen molar-refractivity contribution in [3.8, 4) is 11.4 Å². The number of rotatable bonds is 4. The third-order valence-electron chi connectivity index (χ3n) is 4.79. The zero-order chi connectivity index (χ0) is 19.7. The molecule has 0 saturated heterocycles. The lowest BCUT2D eigenvalue weighted by molar-refractivity contribution is 0.102. The SMILES string of the molecule is COc1cc2ccccc2cc1C(=O)Nc1c(C)cc(-n2cnnc2)cc1C. The molecular formula is C22H20N4O2. The molecule has 6 nitrogen and oxygen atoms in total. The normalized spacial score (nSPS) is 10.8. The lowest BCUT2D eigenvalue weighted by atomic mass is 10.0. The number of benzene rings is 3. The fourth-order valence-corrected chi connectivity index (χ4v) is 3.37. The highest BCUT2D eigenvalue weighted by Gasteiger charge is 2.16. The topological polar surface area (TPSA) is 69.0 Å². The predicted octanol–water partition coefficient (Wildman–Crippen LogP) is 4.30. The van der Waals surface area contributed by atoms with E-state index in [9.17, 15) is 4.79 Å². The van der Waals surface area contributed by atoms with Crippen LogP contribution in [0.5, 0.6) is 5.75 Å². The number of hydrogen-bond donors (Lipinski definition) is 1. The van der Waals surface area contributed by atoms with Gasteiger partial charge in [0.2, 0.25) is 0 Å². The Hall–Kier alpha value is -3.67. The number of amides is 1. The van der Waals surface area contributed by atoms with Crippen molar-refractivity contribution in [2.75, 3.05) is 12.4 Å². The number of hydrogen-bond acceptors (Lipinski definition) is 4. The van der Waals surface area contributed by atoms with E-state index < -0.39 is 0 Å². The highest BCUT2D eigenvalue weighted by molar-refractivity contribution is 6.09. The van der Waals surface area contributed by atoms with Crippen molar-refractivity contribution in [1.29, 1.82) is 0 Å². The van der Waals surface area contributed by atoms with Crippen LogP contribution in [-0.2, 0) is 0 Å². The van der Waals surface area contributed by atoms with Crippen LogP contribution in [-0.4, -0.2) is 27.8 Å². The van der Waals surface area contributed by atoms with Crippen molar-refractivity contribution in [2.45, 2.75) is 13.8 Å². The summed E-state index contributed by atoms with van der Waals surface area (Å²) < 4.78 is 7.29. The number of carbonyl (C=O) groups is 1. The maximum absolute atomic E-state index is 13.0. The molecule has 4 rings (SSSR count). The molecule has 0 fully saturated rings. The molecule has 28 heavy (non-hydrogen) atoms. The molecule has 0 radical (unpaired) electrons. The molecule has 0 unspecified atom stereocenters. The van der Waals surface area contributed by atoms with E-state index in [0.717, 1.165) is 33.3 Å². The number of nitrogens with zero attached hydrogens (tertiary/aromatic N) is 3. The first-order valence-electron chi connectivity index (χ1n) is 8.91. The van der Waals surface area contributed by atoms with Crippen LogP contribution in [0.2, 0.25) is 0 Å². The minimum atomic E-state index is -0.203. The molecule has 0 aliphatic carbocycles. The van der Waals surface area contributed by atoms with Crippen molar-refractivity contribution >= 4 is 22.4 Å². The molecule has 0 atom stereocenters. The summed E-state index contributed by atoms with van der Waals surface area (Å²) in [5.41, 5.74) is 4.15. The Balaban J connectivity index is 1.70. The minimum absolute atomic E-state index is 0.203. The van der Waals surface area contributed by atoms with Gasteiger partial charge in [-0.1, -0.05) is 24.3 Å². The van der Waals surface area contributed by atoms with Crippen LogP contribution < -0.4 is 10.1 Å². The number of nitrogens with one attached hydrogen (secondary N) is 1. The minimum Gasteiger partial charge on any atom is -0.496 e. The number of aryl methyl sites for hydroxylation is 2. The van der Waals surface area contributed by atoms with Gasteiger partial charge in [-0.3, -0.25) is 9.36 Å². The number of methoxy groups -OCH3 is 1. The molecule has 1 heterocycles. The Morgan fingerprint density at radius 3 is 2.18 bits per heavy atom. The van der Waals surface area contributed by atoms with Crippen LogP contribution in [0.3, 0.4) is 0 Å². The second-order valence-electron chi connectivity index (χ2n) is 6.68. The maximum Gasteiger partial charge on any atom is 0.259 e. The van der Waals surface area contributed by atoms with Crippen LogP contribution in [0.1, 0.15) is 21.5 Å². The van der Waals surface area contributed by atoms with Crippen LogP contribution >= 0.6 is 0 Å². The number of fused-ring (bicyclic) bond motifs is 1. The van der Waals surface area contributed by atoms with Crippen molar-refractivity contribution in [3.05, 3.63) is 77.9 Å². The van der Waals surface area contributed by atoms with Crippen molar-refractivity contribution < 1.29 is 9.53 Å². The van der Waals surface area contributed by atoms with Crippen LogP contribution in [0, 0.1) is 13.8 Å². The lowest BCUT2D eigenvalue weighted by Gasteiger charge is -2.16. The van der Waals surface area contributed by atoms with E-state index in [1.165, 1.54) is 0 Å². The van der Waals surface area contributed by atoms with Gasteiger partial charge in [0.05, 0.1) is 12.7 Å². The highest BCUT2D eigenvalue weighted by atomic mass is 16.5. The molecule has 0 bridgehead atoms. The zero-order valence-electron chi connectivity index (χ0n) is 15.9. The van der Waals surface area contributed by atoms with Gasteiger partial charge in [-0.05, 0) is 60.0 Å². The van der Waals surface area contributed by atoms with Gasteiger partial charge >= 0.3 is 0 Å². The number of aromatic nitrogens is 3. The quantitative estimate of drug-likeness (QED) is 0.580. The second-order valence-corrected chi connectivity index (χ2v) is 6.68. The first-order chi connectivity index (χ1) is 13.6. The summed E-state index contributed by atoms with van der Waals surface area (Å²) in [5, 5.41) is 12.8. The summed E-state index contributed by atoms with van der Waals surface area (Å²) in [7, 11) is 1.57. The molecule has 6 heteroatoms. The molecule has 0 aliphatic rings.